The molecule has 0 amide bonds. The van der Waals surface area contributed by atoms with Crippen molar-refractivity contribution in [3.8, 4) is 5.75 Å². The Morgan fingerprint density at radius 2 is 1.82 bits per heavy atom. The van der Waals surface area contributed by atoms with Gasteiger partial charge < -0.3 is 9.84 Å². The Labute approximate surface area is 98.0 Å². The molecule has 0 heterocycles. The number of aromatic carboxylic acids is 1. The summed E-state index contributed by atoms with van der Waals surface area (Å²) in [6, 6.07) is 1.49. The van der Waals surface area contributed by atoms with Crippen molar-refractivity contribution in [2.45, 2.75) is 32.8 Å². The lowest BCUT2D eigenvalue weighted by atomic mass is 10.1. The van der Waals surface area contributed by atoms with Gasteiger partial charge in [-0.1, -0.05) is 6.92 Å². The zero-order valence-electron chi connectivity index (χ0n) is 9.88. The molecule has 0 saturated heterocycles. The van der Waals surface area contributed by atoms with Crippen LogP contribution in [0.1, 0.15) is 37.6 Å². The minimum Gasteiger partial charge on any atom is -0.482 e. The molecule has 1 N–H and O–H groups in total. The number of carboxylic acid groups (broad SMARTS) is 1. The third-order valence-electron chi connectivity index (χ3n) is 2.48. The Morgan fingerprint density at radius 3 is 2.18 bits per heavy atom. The first-order chi connectivity index (χ1) is 7.76. The van der Waals surface area contributed by atoms with Crippen molar-refractivity contribution in [3.05, 3.63) is 29.3 Å². The molecule has 0 bridgehead atoms. The van der Waals surface area contributed by atoms with Crippen molar-refractivity contribution in [1.82, 2.24) is 0 Å². The van der Waals surface area contributed by atoms with E-state index < -0.39 is 34.5 Å². The number of halogens is 2. The number of carbonyl (C=O) groups is 1. The minimum atomic E-state index is -1.39. The summed E-state index contributed by atoms with van der Waals surface area (Å²) in [5.41, 5.74) is -1.16. The van der Waals surface area contributed by atoms with E-state index in [1.165, 1.54) is 0 Å². The van der Waals surface area contributed by atoms with Crippen molar-refractivity contribution in [1.29, 1.82) is 0 Å². The highest BCUT2D eigenvalue weighted by Gasteiger charge is 2.23. The molecule has 1 rings (SSSR count). The fourth-order valence-electron chi connectivity index (χ4n) is 1.13. The maximum atomic E-state index is 13.5. The lowest BCUT2D eigenvalue weighted by molar-refractivity contribution is 0.0694. The number of hydrogen-bond donors (Lipinski definition) is 1. The minimum absolute atomic E-state index is 0.443. The third-order valence-corrected chi connectivity index (χ3v) is 2.48. The molecule has 0 saturated carbocycles. The van der Waals surface area contributed by atoms with Crippen LogP contribution >= 0.6 is 0 Å². The molecule has 0 unspecified atom stereocenters. The van der Waals surface area contributed by atoms with Crippen LogP contribution in [-0.2, 0) is 0 Å². The number of rotatable bonds is 4. The van der Waals surface area contributed by atoms with E-state index >= 15 is 0 Å². The second-order valence-electron chi connectivity index (χ2n) is 4.29. The summed E-state index contributed by atoms with van der Waals surface area (Å²) in [7, 11) is 0. The molecular formula is C12H14F2O3. The molecule has 0 aliphatic carbocycles. The molecule has 1 aromatic carbocycles. The van der Waals surface area contributed by atoms with E-state index in [9.17, 15) is 13.6 Å². The van der Waals surface area contributed by atoms with Gasteiger partial charge in [0.25, 0.3) is 0 Å². The molecule has 17 heavy (non-hydrogen) atoms. The number of benzene rings is 1. The average molecular weight is 244 g/mol. The Kier molecular flexibility index (Phi) is 3.70. The maximum Gasteiger partial charge on any atom is 0.335 e. The standard InChI is InChI=1S/C12H14F2O3/c1-4-12(2,3)17-10-8(13)5-7(11(15)16)6-9(10)14/h5-6H,4H2,1-3H3,(H,15,16). The van der Waals surface area contributed by atoms with Gasteiger partial charge in [-0.05, 0) is 32.4 Å². The normalized spacial score (nSPS) is 11.4. The molecule has 0 radical (unpaired) electrons. The zero-order valence-corrected chi connectivity index (χ0v) is 9.88. The van der Waals surface area contributed by atoms with Gasteiger partial charge in [-0.2, -0.15) is 0 Å². The van der Waals surface area contributed by atoms with Crippen LogP contribution in [0.3, 0.4) is 0 Å². The van der Waals surface area contributed by atoms with E-state index in [1.54, 1.807) is 13.8 Å². The van der Waals surface area contributed by atoms with Gasteiger partial charge in [0.15, 0.2) is 17.4 Å². The number of ether oxygens (including phenoxy) is 1. The van der Waals surface area contributed by atoms with Crippen LogP contribution in [0, 0.1) is 11.6 Å². The van der Waals surface area contributed by atoms with Crippen LogP contribution in [0.2, 0.25) is 0 Å². The van der Waals surface area contributed by atoms with E-state index in [2.05, 4.69) is 0 Å². The van der Waals surface area contributed by atoms with E-state index in [0.717, 1.165) is 12.1 Å². The molecule has 3 nitrogen and oxygen atoms in total. The fraction of sp³-hybridized carbons (Fsp3) is 0.417. The molecule has 0 spiro atoms. The molecule has 0 aromatic heterocycles. The summed E-state index contributed by atoms with van der Waals surface area (Å²) in [5.74, 6) is -3.95. The average Bonchev–Trinajstić information content (AvgIpc) is 2.23. The summed E-state index contributed by atoms with van der Waals surface area (Å²) in [6.07, 6.45) is 0.562. The van der Waals surface area contributed by atoms with Gasteiger partial charge in [0.2, 0.25) is 0 Å². The summed E-state index contributed by atoms with van der Waals surface area (Å²) < 4.78 is 32.2. The smallest absolute Gasteiger partial charge is 0.335 e. The lowest BCUT2D eigenvalue weighted by Crippen LogP contribution is -2.28. The second-order valence-corrected chi connectivity index (χ2v) is 4.29. The number of hydrogen-bond acceptors (Lipinski definition) is 2. The van der Waals surface area contributed by atoms with E-state index in [-0.39, 0.29) is 0 Å². The monoisotopic (exact) mass is 244 g/mol. The van der Waals surface area contributed by atoms with Crippen LogP contribution in [0.25, 0.3) is 0 Å². The van der Waals surface area contributed by atoms with Gasteiger partial charge in [-0.25, -0.2) is 13.6 Å². The molecular weight excluding hydrogens is 230 g/mol. The third kappa shape index (κ3) is 3.15. The lowest BCUT2D eigenvalue weighted by Gasteiger charge is -2.25. The van der Waals surface area contributed by atoms with Crippen LogP contribution in [0.4, 0.5) is 8.78 Å². The topological polar surface area (TPSA) is 46.5 Å². The summed E-state index contributed by atoms with van der Waals surface area (Å²) >= 11 is 0. The second kappa shape index (κ2) is 4.69. The number of carboxylic acids is 1. The van der Waals surface area contributed by atoms with Gasteiger partial charge in [-0.15, -0.1) is 0 Å². The first-order valence-electron chi connectivity index (χ1n) is 5.18. The highest BCUT2D eigenvalue weighted by molar-refractivity contribution is 5.87. The predicted molar refractivity (Wildman–Crippen MR) is 58.3 cm³/mol. The highest BCUT2D eigenvalue weighted by Crippen LogP contribution is 2.28. The van der Waals surface area contributed by atoms with Gasteiger partial charge in [0.05, 0.1) is 5.56 Å². The quantitative estimate of drug-likeness (QED) is 0.884. The summed E-state index contributed by atoms with van der Waals surface area (Å²) in [6.45, 7) is 5.20. The largest absolute Gasteiger partial charge is 0.482 e. The molecule has 0 aliphatic rings. The van der Waals surface area contributed by atoms with Crippen molar-refractivity contribution in [3.63, 3.8) is 0 Å². The van der Waals surface area contributed by atoms with Crippen molar-refractivity contribution in [2.24, 2.45) is 0 Å². The van der Waals surface area contributed by atoms with Gasteiger partial charge in [0.1, 0.15) is 5.60 Å². The van der Waals surface area contributed by atoms with Crippen LogP contribution in [-0.4, -0.2) is 16.7 Å². The van der Waals surface area contributed by atoms with E-state index in [1.807, 2.05) is 6.92 Å². The van der Waals surface area contributed by atoms with Crippen LogP contribution < -0.4 is 4.74 Å². The first-order valence-corrected chi connectivity index (χ1v) is 5.18. The van der Waals surface area contributed by atoms with Gasteiger partial charge in [0, 0.05) is 0 Å². The summed E-state index contributed by atoms with van der Waals surface area (Å²) in [4.78, 5) is 10.6. The van der Waals surface area contributed by atoms with Crippen LogP contribution in [0.15, 0.2) is 12.1 Å². The molecule has 0 aliphatic heterocycles. The fourth-order valence-corrected chi connectivity index (χ4v) is 1.13. The van der Waals surface area contributed by atoms with Crippen LogP contribution in [0.5, 0.6) is 5.75 Å². The molecule has 5 heteroatoms. The Bertz CT molecular complexity index is 418. The van der Waals surface area contributed by atoms with Gasteiger partial charge in [-0.3, -0.25) is 0 Å². The molecule has 94 valence electrons. The Morgan fingerprint density at radius 1 is 1.35 bits per heavy atom. The molecule has 1 aromatic rings. The molecule has 0 fully saturated rings. The summed E-state index contributed by atoms with van der Waals surface area (Å²) in [5, 5.41) is 8.63. The van der Waals surface area contributed by atoms with Crippen molar-refractivity contribution in [2.75, 3.05) is 0 Å². The molecule has 0 atom stereocenters. The van der Waals surface area contributed by atoms with Crippen molar-refractivity contribution < 1.29 is 23.4 Å². The van der Waals surface area contributed by atoms with Gasteiger partial charge >= 0.3 is 5.97 Å². The Hall–Kier alpha value is -1.65. The zero-order chi connectivity index (χ0) is 13.2. The predicted octanol–water partition coefficient (Wildman–Crippen LogP) is 3.23. The van der Waals surface area contributed by atoms with E-state index in [0.29, 0.717) is 6.42 Å². The van der Waals surface area contributed by atoms with Crippen molar-refractivity contribution >= 4 is 5.97 Å². The van der Waals surface area contributed by atoms with E-state index in [4.69, 9.17) is 9.84 Å². The SMILES string of the molecule is CCC(C)(C)Oc1c(F)cc(C(=O)O)cc1F. The highest BCUT2D eigenvalue weighted by atomic mass is 19.1. The first kappa shape index (κ1) is 13.4. The maximum absolute atomic E-state index is 13.5. The Balaban J connectivity index is 3.15.